The van der Waals surface area contributed by atoms with E-state index in [1.165, 1.54) is 6.07 Å². The van der Waals surface area contributed by atoms with E-state index >= 15 is 0 Å². The molecule has 0 aliphatic rings. The highest BCUT2D eigenvalue weighted by Gasteiger charge is 2.20. The maximum atomic E-state index is 13.6. The zero-order chi connectivity index (χ0) is 17.0. The lowest BCUT2D eigenvalue weighted by Gasteiger charge is -2.19. The molecule has 5 heteroatoms. The second-order valence-electron chi connectivity index (χ2n) is 5.33. The Morgan fingerprint density at radius 3 is 2.61 bits per heavy atom. The summed E-state index contributed by atoms with van der Waals surface area (Å²) < 4.78 is 32.3. The Labute approximate surface area is 134 Å². The van der Waals surface area contributed by atoms with Gasteiger partial charge in [0, 0.05) is 6.07 Å². The number of carbonyl (C=O) groups is 1. The van der Waals surface area contributed by atoms with Gasteiger partial charge in [-0.05, 0) is 49.6 Å². The highest BCUT2D eigenvalue weighted by Crippen LogP contribution is 2.23. The van der Waals surface area contributed by atoms with Gasteiger partial charge in [0.2, 0.25) is 0 Å². The topological polar surface area (TPSA) is 38.3 Å². The number of rotatable bonds is 5. The fourth-order valence-corrected chi connectivity index (χ4v) is 2.13. The van der Waals surface area contributed by atoms with Crippen molar-refractivity contribution in [1.82, 2.24) is 0 Å². The second-order valence-corrected chi connectivity index (χ2v) is 5.33. The van der Waals surface area contributed by atoms with Gasteiger partial charge >= 0.3 is 0 Å². The molecule has 0 bridgehead atoms. The Morgan fingerprint density at radius 2 is 1.96 bits per heavy atom. The van der Waals surface area contributed by atoms with Crippen LogP contribution in [-0.4, -0.2) is 12.0 Å². The van der Waals surface area contributed by atoms with Crippen LogP contribution in [0.5, 0.6) is 5.75 Å². The predicted molar refractivity (Wildman–Crippen MR) is 85.6 cm³/mol. The minimum atomic E-state index is -0.820. The van der Waals surface area contributed by atoms with Crippen molar-refractivity contribution in [3.63, 3.8) is 0 Å². The van der Waals surface area contributed by atoms with Gasteiger partial charge in [0.25, 0.3) is 5.91 Å². The molecule has 2 aromatic rings. The lowest BCUT2D eigenvalue weighted by molar-refractivity contribution is -0.122. The average molecular weight is 319 g/mol. The lowest BCUT2D eigenvalue weighted by atomic mass is 10.1. The zero-order valence-corrected chi connectivity index (χ0v) is 13.3. The van der Waals surface area contributed by atoms with Gasteiger partial charge in [-0.25, -0.2) is 8.78 Å². The van der Waals surface area contributed by atoms with E-state index in [9.17, 15) is 13.6 Å². The van der Waals surface area contributed by atoms with Gasteiger partial charge in [-0.2, -0.15) is 0 Å². The van der Waals surface area contributed by atoms with Crippen molar-refractivity contribution in [2.75, 3.05) is 5.32 Å². The van der Waals surface area contributed by atoms with Crippen LogP contribution in [0, 0.1) is 25.5 Å². The molecule has 0 saturated heterocycles. The zero-order valence-electron chi connectivity index (χ0n) is 13.3. The SMILES string of the molecule is CCC(Oc1cccc(C)c1C)C(=O)Nc1ccc(F)cc1F. The third kappa shape index (κ3) is 4.06. The average Bonchev–Trinajstić information content (AvgIpc) is 2.51. The molecule has 122 valence electrons. The van der Waals surface area contributed by atoms with Crippen molar-refractivity contribution in [2.45, 2.75) is 33.3 Å². The summed E-state index contributed by atoms with van der Waals surface area (Å²) in [5.41, 5.74) is 1.94. The monoisotopic (exact) mass is 319 g/mol. The summed E-state index contributed by atoms with van der Waals surface area (Å²) in [6.45, 7) is 5.67. The Kier molecular flexibility index (Phi) is 5.32. The highest BCUT2D eigenvalue weighted by molar-refractivity contribution is 5.94. The number of halogens is 2. The molecule has 1 N–H and O–H groups in total. The van der Waals surface area contributed by atoms with E-state index < -0.39 is 23.6 Å². The summed E-state index contributed by atoms with van der Waals surface area (Å²) in [4.78, 5) is 12.3. The second kappa shape index (κ2) is 7.22. The number of ether oxygens (including phenoxy) is 1. The van der Waals surface area contributed by atoms with E-state index in [-0.39, 0.29) is 5.69 Å². The minimum absolute atomic E-state index is 0.0700. The van der Waals surface area contributed by atoms with E-state index in [4.69, 9.17) is 4.74 Å². The number of anilines is 1. The summed E-state index contributed by atoms with van der Waals surface area (Å²) in [6.07, 6.45) is -0.345. The number of hydrogen-bond acceptors (Lipinski definition) is 2. The highest BCUT2D eigenvalue weighted by atomic mass is 19.1. The largest absolute Gasteiger partial charge is 0.480 e. The molecule has 0 spiro atoms. The molecule has 1 atom stereocenters. The van der Waals surface area contributed by atoms with Gasteiger partial charge in [-0.15, -0.1) is 0 Å². The summed E-state index contributed by atoms with van der Waals surface area (Å²) in [6, 6.07) is 8.59. The first-order valence-electron chi connectivity index (χ1n) is 7.41. The molecule has 3 nitrogen and oxygen atoms in total. The fourth-order valence-electron chi connectivity index (χ4n) is 2.13. The molecule has 1 amide bonds. The first-order valence-corrected chi connectivity index (χ1v) is 7.41. The predicted octanol–water partition coefficient (Wildman–Crippen LogP) is 4.38. The minimum Gasteiger partial charge on any atom is -0.480 e. The van der Waals surface area contributed by atoms with Crippen molar-refractivity contribution >= 4 is 11.6 Å². The van der Waals surface area contributed by atoms with Gasteiger partial charge in [0.15, 0.2) is 6.10 Å². The van der Waals surface area contributed by atoms with Crippen LogP contribution < -0.4 is 10.1 Å². The maximum Gasteiger partial charge on any atom is 0.265 e. The Balaban J connectivity index is 2.14. The van der Waals surface area contributed by atoms with Crippen LogP contribution in [0.3, 0.4) is 0 Å². The number of amides is 1. The van der Waals surface area contributed by atoms with Gasteiger partial charge < -0.3 is 10.1 Å². The Bertz CT molecular complexity index is 716. The summed E-state index contributed by atoms with van der Waals surface area (Å²) in [7, 11) is 0. The van der Waals surface area contributed by atoms with E-state index in [0.717, 1.165) is 23.3 Å². The molecule has 0 aliphatic carbocycles. The van der Waals surface area contributed by atoms with E-state index in [2.05, 4.69) is 5.32 Å². The van der Waals surface area contributed by atoms with Crippen LogP contribution in [-0.2, 0) is 4.79 Å². The first kappa shape index (κ1) is 16.9. The van der Waals surface area contributed by atoms with Crippen LogP contribution in [0.1, 0.15) is 24.5 Å². The summed E-state index contributed by atoms with van der Waals surface area (Å²) >= 11 is 0. The normalized spacial score (nSPS) is 11.9. The standard InChI is InChI=1S/C18H19F2NO2/c1-4-16(23-17-7-5-6-11(2)12(17)3)18(22)21-15-9-8-13(19)10-14(15)20/h5-10,16H,4H2,1-3H3,(H,21,22). The number of carbonyl (C=O) groups excluding carboxylic acids is 1. The van der Waals surface area contributed by atoms with E-state index in [1.54, 1.807) is 13.0 Å². The van der Waals surface area contributed by atoms with Crippen molar-refractivity contribution in [2.24, 2.45) is 0 Å². The molecule has 1 unspecified atom stereocenters. The molecule has 23 heavy (non-hydrogen) atoms. The lowest BCUT2D eigenvalue weighted by Crippen LogP contribution is -2.32. The number of aryl methyl sites for hydroxylation is 1. The Morgan fingerprint density at radius 1 is 1.22 bits per heavy atom. The molecule has 0 radical (unpaired) electrons. The molecule has 0 heterocycles. The van der Waals surface area contributed by atoms with Gasteiger partial charge in [0.05, 0.1) is 5.69 Å². The van der Waals surface area contributed by atoms with Gasteiger partial charge in [0.1, 0.15) is 17.4 Å². The molecule has 2 rings (SSSR count). The quantitative estimate of drug-likeness (QED) is 0.888. The third-order valence-corrected chi connectivity index (χ3v) is 3.68. The Hall–Kier alpha value is -2.43. The number of nitrogens with one attached hydrogen (secondary N) is 1. The van der Waals surface area contributed by atoms with E-state index in [0.29, 0.717) is 12.2 Å². The van der Waals surface area contributed by atoms with Gasteiger partial charge in [-0.3, -0.25) is 4.79 Å². The molecule has 0 fully saturated rings. The third-order valence-electron chi connectivity index (χ3n) is 3.68. The fraction of sp³-hybridized carbons (Fsp3) is 0.278. The van der Waals surface area contributed by atoms with Crippen molar-refractivity contribution in [1.29, 1.82) is 0 Å². The molecule has 2 aromatic carbocycles. The van der Waals surface area contributed by atoms with Crippen molar-refractivity contribution < 1.29 is 18.3 Å². The number of benzene rings is 2. The molecular weight excluding hydrogens is 300 g/mol. The molecular formula is C18H19F2NO2. The van der Waals surface area contributed by atoms with Gasteiger partial charge in [-0.1, -0.05) is 19.1 Å². The van der Waals surface area contributed by atoms with Crippen LogP contribution in [0.25, 0.3) is 0 Å². The first-order chi connectivity index (χ1) is 10.9. The summed E-state index contributed by atoms with van der Waals surface area (Å²) in [5.74, 6) is -1.37. The number of hydrogen-bond donors (Lipinski definition) is 1. The molecule has 0 aromatic heterocycles. The van der Waals surface area contributed by atoms with Crippen LogP contribution in [0.4, 0.5) is 14.5 Å². The maximum absolute atomic E-state index is 13.6. The summed E-state index contributed by atoms with van der Waals surface area (Å²) in [5, 5.41) is 2.44. The van der Waals surface area contributed by atoms with Crippen LogP contribution in [0.2, 0.25) is 0 Å². The molecule has 0 saturated carbocycles. The van der Waals surface area contributed by atoms with E-state index in [1.807, 2.05) is 26.0 Å². The van der Waals surface area contributed by atoms with Crippen molar-refractivity contribution in [3.8, 4) is 5.75 Å². The molecule has 0 aliphatic heterocycles. The smallest absolute Gasteiger partial charge is 0.265 e. The van der Waals surface area contributed by atoms with Crippen molar-refractivity contribution in [3.05, 3.63) is 59.2 Å². The van der Waals surface area contributed by atoms with Crippen LogP contribution in [0.15, 0.2) is 36.4 Å². The van der Waals surface area contributed by atoms with Crippen LogP contribution >= 0.6 is 0 Å².